The molecule has 0 bridgehead atoms. The molecule has 0 aliphatic carbocycles. The van der Waals surface area contributed by atoms with E-state index < -0.39 is 21.2 Å². The van der Waals surface area contributed by atoms with E-state index in [1.807, 2.05) is 42.5 Å². The Kier molecular flexibility index (Phi) is 8.01. The molecule has 5 rings (SSSR count). The van der Waals surface area contributed by atoms with Crippen LogP contribution in [0.4, 0.5) is 0 Å². The molecule has 0 saturated carbocycles. The summed E-state index contributed by atoms with van der Waals surface area (Å²) in [4.78, 5) is 3.80. The molecule has 2 heterocycles. The third-order valence-corrected chi connectivity index (χ3v) is 11.7. The molecule has 0 radical (unpaired) electrons. The molecule has 37 heavy (non-hydrogen) atoms. The Balaban J connectivity index is 1.26. The van der Waals surface area contributed by atoms with Crippen molar-refractivity contribution >= 4 is 32.8 Å². The Labute approximate surface area is 228 Å². The van der Waals surface area contributed by atoms with Gasteiger partial charge in [-0.05, 0) is 91.9 Å². The van der Waals surface area contributed by atoms with Crippen molar-refractivity contribution in [2.75, 3.05) is 39.0 Å². The fourth-order valence-electron chi connectivity index (χ4n) is 5.75. The highest BCUT2D eigenvalue weighted by Crippen LogP contribution is 2.46. The summed E-state index contributed by atoms with van der Waals surface area (Å²) < 4.78 is 40.6. The van der Waals surface area contributed by atoms with Gasteiger partial charge in [0.2, 0.25) is 10.0 Å². The van der Waals surface area contributed by atoms with Gasteiger partial charge < -0.3 is 9.45 Å². The van der Waals surface area contributed by atoms with Crippen LogP contribution in [0.25, 0.3) is 0 Å². The second-order valence-electron chi connectivity index (χ2n) is 10.2. The first-order valence-corrected chi connectivity index (χ1v) is 15.9. The van der Waals surface area contributed by atoms with E-state index in [2.05, 4.69) is 17.0 Å². The Morgan fingerprint density at radius 2 is 1.65 bits per heavy atom. The smallest absolute Gasteiger partial charge is 0.242 e. The first kappa shape index (κ1) is 26.7. The maximum atomic E-state index is 13.2. The van der Waals surface area contributed by atoms with E-state index in [1.165, 1.54) is 9.87 Å². The van der Waals surface area contributed by atoms with E-state index in [0.717, 1.165) is 55.1 Å². The van der Waals surface area contributed by atoms with Crippen LogP contribution in [-0.4, -0.2) is 61.2 Å². The molecule has 3 aromatic rings. The minimum Gasteiger partial charge on any atom is -0.611 e. The lowest BCUT2D eigenvalue weighted by Crippen LogP contribution is -2.44. The average Bonchev–Trinajstić information content (AvgIpc) is 3.19. The fraction of sp³-hybridized carbons (Fsp3) is 0.379. The molecule has 0 aromatic heterocycles. The minimum absolute atomic E-state index is 0.0253. The van der Waals surface area contributed by atoms with E-state index in [9.17, 15) is 13.0 Å². The lowest BCUT2D eigenvalue weighted by Gasteiger charge is -2.38. The van der Waals surface area contributed by atoms with Crippen molar-refractivity contribution in [1.29, 1.82) is 0 Å². The third-order valence-electron chi connectivity index (χ3n) is 7.99. The number of halogens is 1. The number of nitrogens with zero attached hydrogens (tertiary/aromatic N) is 2. The van der Waals surface area contributed by atoms with Crippen molar-refractivity contribution in [2.45, 2.75) is 40.4 Å². The van der Waals surface area contributed by atoms with Gasteiger partial charge in [-0.1, -0.05) is 60.1 Å². The highest BCUT2D eigenvalue weighted by molar-refractivity contribution is 7.91. The van der Waals surface area contributed by atoms with Gasteiger partial charge in [0.05, 0.1) is 4.90 Å². The first-order valence-electron chi connectivity index (χ1n) is 12.8. The second kappa shape index (κ2) is 11.1. The number of fused-ring (bicyclic) bond motifs is 2. The Hall–Kier alpha value is -1.87. The van der Waals surface area contributed by atoms with Gasteiger partial charge in [-0.15, -0.1) is 0 Å². The molecule has 2 aliphatic rings. The zero-order valence-corrected chi connectivity index (χ0v) is 23.4. The Morgan fingerprint density at radius 3 is 2.35 bits per heavy atom. The highest BCUT2D eigenvalue weighted by atomic mass is 35.5. The molecular formula is C29H33ClN2O3S2. The Bertz CT molecular complexity index is 1310. The maximum absolute atomic E-state index is 13.2. The van der Waals surface area contributed by atoms with Gasteiger partial charge >= 0.3 is 0 Å². The number of hydrogen-bond acceptors (Lipinski definition) is 4. The summed E-state index contributed by atoms with van der Waals surface area (Å²) in [5.41, 5.74) is 2.39. The lowest BCUT2D eigenvalue weighted by atomic mass is 9.74. The average molecular weight is 557 g/mol. The van der Waals surface area contributed by atoms with Crippen LogP contribution in [0.3, 0.4) is 0 Å². The zero-order valence-electron chi connectivity index (χ0n) is 21.1. The van der Waals surface area contributed by atoms with Crippen LogP contribution in [0.5, 0.6) is 0 Å². The van der Waals surface area contributed by atoms with Crippen LogP contribution in [0.15, 0.2) is 88.7 Å². The van der Waals surface area contributed by atoms with Gasteiger partial charge in [0, 0.05) is 29.6 Å². The van der Waals surface area contributed by atoms with E-state index >= 15 is 0 Å². The van der Waals surface area contributed by atoms with Crippen molar-refractivity contribution in [2.24, 2.45) is 0 Å². The number of hydrogen-bond donors (Lipinski definition) is 0. The highest BCUT2D eigenvalue weighted by Gasteiger charge is 2.48. The van der Waals surface area contributed by atoms with Gasteiger partial charge in [-0.3, -0.25) is 0 Å². The quantitative estimate of drug-likeness (QED) is 0.354. The predicted molar refractivity (Wildman–Crippen MR) is 150 cm³/mol. The number of piperidine rings is 1. The molecule has 1 fully saturated rings. The molecule has 2 atom stereocenters. The van der Waals surface area contributed by atoms with Gasteiger partial charge in [0.1, 0.15) is 5.75 Å². The molecule has 8 heteroatoms. The van der Waals surface area contributed by atoms with Crippen molar-refractivity contribution in [3.05, 3.63) is 95.0 Å². The molecule has 1 saturated heterocycles. The number of rotatable bonds is 8. The largest absolute Gasteiger partial charge is 0.611 e. The molecule has 5 nitrogen and oxygen atoms in total. The summed E-state index contributed by atoms with van der Waals surface area (Å²) in [6.07, 6.45) is 2.85. The first-order chi connectivity index (χ1) is 17.8. The fourth-order valence-corrected chi connectivity index (χ4v) is 8.97. The van der Waals surface area contributed by atoms with E-state index in [-0.39, 0.29) is 11.3 Å². The lowest BCUT2D eigenvalue weighted by molar-refractivity contribution is 0.165. The molecule has 1 spiro atoms. The summed E-state index contributed by atoms with van der Waals surface area (Å²) in [5, 5.41) is 0.670. The maximum Gasteiger partial charge on any atom is 0.242 e. The number of sulfonamides is 1. The molecule has 0 amide bonds. The van der Waals surface area contributed by atoms with Gasteiger partial charge in [0.15, 0.2) is 4.90 Å². The van der Waals surface area contributed by atoms with Crippen LogP contribution in [-0.2, 0) is 26.6 Å². The second-order valence-corrected chi connectivity index (χ2v) is 14.1. The summed E-state index contributed by atoms with van der Waals surface area (Å²) >= 11 is 5.24. The molecule has 0 N–H and O–H groups in total. The van der Waals surface area contributed by atoms with Crippen LogP contribution < -0.4 is 0 Å². The Morgan fingerprint density at radius 1 is 1.00 bits per heavy atom. The third kappa shape index (κ3) is 5.63. The monoisotopic (exact) mass is 556 g/mol. The predicted octanol–water partition coefficient (Wildman–Crippen LogP) is 5.29. The van der Waals surface area contributed by atoms with E-state index in [4.69, 9.17) is 11.6 Å². The van der Waals surface area contributed by atoms with Crippen molar-refractivity contribution in [3.8, 4) is 0 Å². The van der Waals surface area contributed by atoms with Crippen LogP contribution >= 0.6 is 11.6 Å². The van der Waals surface area contributed by atoms with Gasteiger partial charge in [0.25, 0.3) is 0 Å². The van der Waals surface area contributed by atoms with Crippen LogP contribution in [0, 0.1) is 0 Å². The van der Waals surface area contributed by atoms with E-state index in [0.29, 0.717) is 16.5 Å². The molecule has 196 valence electrons. The number of benzene rings is 3. The van der Waals surface area contributed by atoms with Crippen LogP contribution in [0.2, 0.25) is 5.02 Å². The minimum atomic E-state index is -3.58. The topological polar surface area (TPSA) is 63.7 Å². The standard InChI is InChI=1S/C29H33ClN2O3S2/c1-31(37(34,35)26-7-3-2-4-8-26)21-24(23-11-13-25(30)14-12-23)15-18-32-19-16-29(17-20-32)22-36(33)28-10-6-5-9-27(28)29/h2-14,24H,15-22H2,1H3/t24-,36?/m0/s1. The summed E-state index contributed by atoms with van der Waals surface area (Å²) in [6, 6.07) is 24.6. The van der Waals surface area contributed by atoms with Crippen LogP contribution in [0.1, 0.15) is 36.3 Å². The molecule has 2 aliphatic heterocycles. The van der Waals surface area contributed by atoms with Gasteiger partial charge in [-0.2, -0.15) is 0 Å². The molecule has 1 unspecified atom stereocenters. The number of likely N-dealkylation sites (tertiary alicyclic amines) is 1. The van der Waals surface area contributed by atoms with E-state index in [1.54, 1.807) is 31.3 Å². The number of likely N-dealkylation sites (N-methyl/N-ethyl adjacent to an activating group) is 1. The molecule has 3 aromatic carbocycles. The SMILES string of the molecule is CN(C[C@H](CCN1CCC2(CC1)C[S+]([O-])c1ccccc12)c1ccc(Cl)cc1)S(=O)(=O)c1ccccc1. The zero-order chi connectivity index (χ0) is 26.0. The van der Waals surface area contributed by atoms with Crippen molar-refractivity contribution in [1.82, 2.24) is 9.21 Å². The summed E-state index contributed by atoms with van der Waals surface area (Å²) in [7, 11) is -1.92. The molecular weight excluding hydrogens is 524 g/mol. The van der Waals surface area contributed by atoms with Crippen molar-refractivity contribution < 1.29 is 13.0 Å². The van der Waals surface area contributed by atoms with Crippen molar-refractivity contribution in [3.63, 3.8) is 0 Å². The summed E-state index contributed by atoms with van der Waals surface area (Å²) in [6.45, 7) is 3.18. The normalized spacial score (nSPS) is 20.3. The van der Waals surface area contributed by atoms with Gasteiger partial charge in [-0.25, -0.2) is 12.7 Å². The summed E-state index contributed by atoms with van der Waals surface area (Å²) in [5.74, 6) is 0.770.